The molecule has 1 atom stereocenters. The van der Waals surface area contributed by atoms with Crippen molar-refractivity contribution in [3.63, 3.8) is 0 Å². The molecule has 2 N–H and O–H groups in total. The molecule has 4 aromatic rings. The van der Waals surface area contributed by atoms with E-state index in [9.17, 15) is 9.59 Å². The van der Waals surface area contributed by atoms with Gasteiger partial charge < -0.3 is 15.1 Å². The first-order valence-electron chi connectivity index (χ1n) is 11.0. The summed E-state index contributed by atoms with van der Waals surface area (Å²) >= 11 is 0. The maximum absolute atomic E-state index is 13.3. The number of anilines is 1. The van der Waals surface area contributed by atoms with Crippen molar-refractivity contribution in [2.24, 2.45) is 0 Å². The molecule has 0 unspecified atom stereocenters. The summed E-state index contributed by atoms with van der Waals surface area (Å²) in [6, 6.07) is 16.9. The molecule has 6 heteroatoms. The zero-order chi connectivity index (χ0) is 23.5. The molecule has 168 valence electrons. The van der Waals surface area contributed by atoms with Gasteiger partial charge in [0.25, 0.3) is 5.91 Å². The number of rotatable bonds is 6. The molecule has 0 saturated heterocycles. The molecule has 2 aromatic carbocycles. The van der Waals surface area contributed by atoms with Gasteiger partial charge in [-0.3, -0.25) is 9.59 Å². The zero-order valence-corrected chi connectivity index (χ0v) is 19.2. The fourth-order valence-corrected chi connectivity index (χ4v) is 4.01. The van der Waals surface area contributed by atoms with E-state index in [2.05, 4.69) is 15.6 Å². The summed E-state index contributed by atoms with van der Waals surface area (Å²) in [6.45, 7) is 8.11. The molecule has 0 aliphatic heterocycles. The van der Waals surface area contributed by atoms with E-state index in [1.165, 1.54) is 0 Å². The van der Waals surface area contributed by atoms with Crippen LogP contribution in [0.25, 0.3) is 22.3 Å². The smallest absolute Gasteiger partial charge is 0.272 e. The maximum Gasteiger partial charge on any atom is 0.272 e. The lowest BCUT2D eigenvalue weighted by molar-refractivity contribution is 0.0951. The van der Waals surface area contributed by atoms with E-state index in [4.69, 9.17) is 4.42 Å². The molecule has 1 amide bonds. The third-order valence-electron chi connectivity index (χ3n) is 5.63. The lowest BCUT2D eigenvalue weighted by atomic mass is 9.98. The molecule has 33 heavy (non-hydrogen) atoms. The Labute approximate surface area is 192 Å². The van der Waals surface area contributed by atoms with Crippen molar-refractivity contribution in [2.45, 2.75) is 33.7 Å². The molecule has 0 fully saturated rings. The van der Waals surface area contributed by atoms with E-state index >= 15 is 0 Å². The number of pyridine rings is 1. The predicted molar refractivity (Wildman–Crippen MR) is 132 cm³/mol. The van der Waals surface area contributed by atoms with Crippen LogP contribution in [0.2, 0.25) is 0 Å². The number of nitrogens with zero attached hydrogens (tertiary/aromatic N) is 1. The molecule has 2 aromatic heterocycles. The van der Waals surface area contributed by atoms with E-state index in [-0.39, 0.29) is 17.4 Å². The highest BCUT2D eigenvalue weighted by molar-refractivity contribution is 5.97. The molecule has 2 heterocycles. The largest absolute Gasteiger partial charge is 0.455 e. The highest BCUT2D eigenvalue weighted by Gasteiger charge is 2.20. The zero-order valence-electron chi connectivity index (χ0n) is 19.2. The first-order chi connectivity index (χ1) is 15.9. The van der Waals surface area contributed by atoms with Gasteiger partial charge in [0.05, 0.1) is 17.1 Å². The molecule has 6 nitrogen and oxygen atoms in total. The van der Waals surface area contributed by atoms with Crippen LogP contribution in [0.4, 0.5) is 5.69 Å². The average molecular weight is 442 g/mol. The van der Waals surface area contributed by atoms with Crippen LogP contribution in [0.5, 0.6) is 0 Å². The van der Waals surface area contributed by atoms with E-state index < -0.39 is 0 Å². The van der Waals surface area contributed by atoms with E-state index in [1.807, 2.05) is 69.3 Å². The second-order valence-corrected chi connectivity index (χ2v) is 8.11. The fraction of sp³-hybridized carbons (Fsp3) is 0.222. The minimum absolute atomic E-state index is 0.0448. The Bertz CT molecular complexity index is 1380. The van der Waals surface area contributed by atoms with Crippen molar-refractivity contribution in [3.05, 3.63) is 93.4 Å². The SMILES string of the molecule is CCNC(=O)c1ncccc1N[C@H](C)c1cc(C)cc2c(=O)c(C)c(-c3ccccc3)oc12. The number of nitrogens with one attached hydrogen (secondary N) is 2. The number of amides is 1. The molecule has 0 bridgehead atoms. The van der Waals surface area contributed by atoms with E-state index in [1.54, 1.807) is 19.2 Å². The Kier molecular flexibility index (Phi) is 6.27. The molecular weight excluding hydrogens is 414 g/mol. The van der Waals surface area contributed by atoms with Gasteiger partial charge in [0.2, 0.25) is 0 Å². The molecular formula is C27H27N3O3. The summed E-state index contributed by atoms with van der Waals surface area (Å²) in [5.41, 5.74) is 4.66. The summed E-state index contributed by atoms with van der Waals surface area (Å²) in [6.07, 6.45) is 1.59. The van der Waals surface area contributed by atoms with Crippen LogP contribution in [0.15, 0.2) is 70.0 Å². The number of fused-ring (bicyclic) bond motifs is 1. The van der Waals surface area contributed by atoms with Gasteiger partial charge in [0.1, 0.15) is 11.3 Å². The molecule has 0 aliphatic carbocycles. The van der Waals surface area contributed by atoms with Gasteiger partial charge in [-0.05, 0) is 51.5 Å². The number of carbonyl (C=O) groups is 1. The van der Waals surface area contributed by atoms with Crippen molar-refractivity contribution in [2.75, 3.05) is 11.9 Å². The van der Waals surface area contributed by atoms with Gasteiger partial charge in [-0.2, -0.15) is 0 Å². The maximum atomic E-state index is 13.3. The van der Waals surface area contributed by atoms with Crippen LogP contribution >= 0.6 is 0 Å². The molecule has 0 spiro atoms. The number of aromatic nitrogens is 1. The summed E-state index contributed by atoms with van der Waals surface area (Å²) in [5, 5.41) is 6.73. The molecule has 0 saturated carbocycles. The quantitative estimate of drug-likeness (QED) is 0.419. The van der Waals surface area contributed by atoms with Gasteiger partial charge in [-0.25, -0.2) is 4.98 Å². The Morgan fingerprint density at radius 3 is 2.58 bits per heavy atom. The summed E-state index contributed by atoms with van der Waals surface area (Å²) < 4.78 is 6.39. The standard InChI is InChI=1S/C27H27N3O3/c1-5-28-27(32)23-22(12-9-13-29-23)30-18(4)20-14-16(2)15-21-24(31)17(3)25(33-26(20)21)19-10-7-6-8-11-19/h6-15,18,30H,5H2,1-4H3,(H,28,32)/t18-/m1/s1. The Morgan fingerprint density at radius 1 is 1.09 bits per heavy atom. The minimum atomic E-state index is -0.251. The Balaban J connectivity index is 1.84. The van der Waals surface area contributed by atoms with Gasteiger partial charge in [0.15, 0.2) is 11.1 Å². The van der Waals surface area contributed by atoms with Crippen LogP contribution in [-0.4, -0.2) is 17.4 Å². The Morgan fingerprint density at radius 2 is 1.85 bits per heavy atom. The second-order valence-electron chi connectivity index (χ2n) is 8.11. The lowest BCUT2D eigenvalue weighted by Crippen LogP contribution is -2.25. The van der Waals surface area contributed by atoms with Gasteiger partial charge in [0, 0.05) is 29.4 Å². The number of carbonyl (C=O) groups excluding carboxylic acids is 1. The third-order valence-corrected chi connectivity index (χ3v) is 5.63. The first kappa shape index (κ1) is 22.3. The normalized spacial score (nSPS) is 11.9. The van der Waals surface area contributed by atoms with Gasteiger partial charge in [-0.1, -0.05) is 36.4 Å². The highest BCUT2D eigenvalue weighted by Crippen LogP contribution is 2.32. The van der Waals surface area contributed by atoms with E-state index in [0.29, 0.717) is 40.2 Å². The van der Waals surface area contributed by atoms with Crippen LogP contribution < -0.4 is 16.1 Å². The van der Waals surface area contributed by atoms with Crippen molar-refractivity contribution in [1.82, 2.24) is 10.3 Å². The molecule has 0 aliphatic rings. The van der Waals surface area contributed by atoms with Gasteiger partial charge >= 0.3 is 0 Å². The number of hydrogen-bond donors (Lipinski definition) is 2. The average Bonchev–Trinajstić information content (AvgIpc) is 2.82. The van der Waals surface area contributed by atoms with Gasteiger partial charge in [-0.15, -0.1) is 0 Å². The topological polar surface area (TPSA) is 84.2 Å². The minimum Gasteiger partial charge on any atom is -0.455 e. The fourth-order valence-electron chi connectivity index (χ4n) is 4.01. The first-order valence-corrected chi connectivity index (χ1v) is 11.0. The van der Waals surface area contributed by atoms with Crippen molar-refractivity contribution >= 4 is 22.6 Å². The van der Waals surface area contributed by atoms with E-state index in [0.717, 1.165) is 16.7 Å². The highest BCUT2D eigenvalue weighted by atomic mass is 16.3. The van der Waals surface area contributed by atoms with Crippen LogP contribution in [0.3, 0.4) is 0 Å². The molecule has 0 radical (unpaired) electrons. The number of aryl methyl sites for hydroxylation is 1. The third kappa shape index (κ3) is 4.37. The van der Waals surface area contributed by atoms with Crippen LogP contribution in [-0.2, 0) is 0 Å². The lowest BCUT2D eigenvalue weighted by Gasteiger charge is -2.20. The molecule has 4 rings (SSSR count). The number of benzene rings is 2. The Hall–Kier alpha value is -3.93. The monoisotopic (exact) mass is 441 g/mol. The van der Waals surface area contributed by atoms with Crippen LogP contribution in [0, 0.1) is 13.8 Å². The summed E-state index contributed by atoms with van der Waals surface area (Å²) in [4.78, 5) is 30.0. The summed E-state index contributed by atoms with van der Waals surface area (Å²) in [5.74, 6) is 0.324. The predicted octanol–water partition coefficient (Wildman–Crippen LogP) is 5.39. The summed E-state index contributed by atoms with van der Waals surface area (Å²) in [7, 11) is 0. The van der Waals surface area contributed by atoms with Crippen molar-refractivity contribution in [3.8, 4) is 11.3 Å². The second kappa shape index (κ2) is 9.28. The van der Waals surface area contributed by atoms with Crippen molar-refractivity contribution < 1.29 is 9.21 Å². The van der Waals surface area contributed by atoms with Crippen LogP contribution in [0.1, 0.15) is 47.1 Å². The number of hydrogen-bond acceptors (Lipinski definition) is 5. The van der Waals surface area contributed by atoms with Crippen molar-refractivity contribution in [1.29, 1.82) is 0 Å².